The smallest absolute Gasteiger partial charge is 0.475 e. The minimum Gasteiger partial charge on any atom is -0.475 e. The Balaban J connectivity index is 0.000000246. The zero-order chi connectivity index (χ0) is 15.3. The molecule has 0 fully saturated rings. The minimum absolute atomic E-state index is 0.430. The monoisotopic (exact) mass is 287 g/mol. The van der Waals surface area contributed by atoms with Gasteiger partial charge in [-0.05, 0) is 6.07 Å². The molecule has 0 saturated carbocycles. The molecule has 0 aliphatic rings. The number of nitrogens with zero attached hydrogens (tertiary/aromatic N) is 2. The van der Waals surface area contributed by atoms with Gasteiger partial charge in [-0.3, -0.25) is 4.79 Å². The molecule has 2 rings (SSSR count). The number of para-hydroxylation sites is 1. The fourth-order valence-corrected chi connectivity index (χ4v) is 1.21. The Labute approximate surface area is 110 Å². The van der Waals surface area contributed by atoms with Crippen LogP contribution in [0.5, 0.6) is 0 Å². The zero-order valence-electron chi connectivity index (χ0n) is 9.76. The van der Waals surface area contributed by atoms with Gasteiger partial charge in [0.05, 0.1) is 11.1 Å². The molecule has 0 bridgehead atoms. The van der Waals surface area contributed by atoms with E-state index in [1.807, 2.05) is 6.07 Å². The number of hydrogen-bond donors (Lipinski definition) is 2. The molecule has 0 unspecified atom stereocenters. The summed E-state index contributed by atoms with van der Waals surface area (Å²) in [6, 6.07) is 5.24. The number of halogens is 3. The number of alkyl halides is 3. The first-order chi connectivity index (χ1) is 9.23. The summed E-state index contributed by atoms with van der Waals surface area (Å²) in [7, 11) is 0. The van der Waals surface area contributed by atoms with E-state index in [0.717, 1.165) is 5.39 Å². The molecule has 0 atom stereocenters. The van der Waals surface area contributed by atoms with Gasteiger partial charge in [0.1, 0.15) is 6.33 Å². The summed E-state index contributed by atoms with van der Waals surface area (Å²) < 4.78 is 31.7. The van der Waals surface area contributed by atoms with Gasteiger partial charge in [0.2, 0.25) is 0 Å². The van der Waals surface area contributed by atoms with Crippen LogP contribution < -0.4 is 5.73 Å². The Kier molecular flexibility index (Phi) is 4.57. The van der Waals surface area contributed by atoms with Gasteiger partial charge in [-0.25, -0.2) is 14.8 Å². The maximum absolute atomic E-state index is 11.0. The number of aromatic nitrogens is 2. The number of fused-ring (bicyclic) bond motifs is 1. The maximum atomic E-state index is 11.0. The van der Waals surface area contributed by atoms with Gasteiger partial charge < -0.3 is 10.8 Å². The van der Waals surface area contributed by atoms with Crippen LogP contribution in [0.4, 0.5) is 13.2 Å². The minimum atomic E-state index is -5.08. The standard InChI is InChI=1S/C9H7N3O.C2HF3O2/c10-9(13)7-3-1-2-6-4-11-5-12-8(6)7;3-2(4,5)1(6)7/h1-5H,(H2,10,13);(H,6,7). The van der Waals surface area contributed by atoms with Gasteiger partial charge in [-0.2, -0.15) is 13.2 Å². The van der Waals surface area contributed by atoms with Gasteiger partial charge in [-0.1, -0.05) is 12.1 Å². The molecule has 9 heteroatoms. The first-order valence-electron chi connectivity index (χ1n) is 5.02. The summed E-state index contributed by atoms with van der Waals surface area (Å²) in [6.45, 7) is 0. The lowest BCUT2D eigenvalue weighted by Crippen LogP contribution is -2.21. The molecule has 0 spiro atoms. The number of carboxylic acids is 1. The molecule has 1 aromatic heterocycles. The van der Waals surface area contributed by atoms with E-state index in [2.05, 4.69) is 9.97 Å². The summed E-state index contributed by atoms with van der Waals surface area (Å²) in [4.78, 5) is 27.7. The van der Waals surface area contributed by atoms with Gasteiger partial charge in [0.15, 0.2) is 0 Å². The van der Waals surface area contributed by atoms with Crippen LogP contribution in [0.1, 0.15) is 10.4 Å². The van der Waals surface area contributed by atoms with E-state index in [0.29, 0.717) is 11.1 Å². The highest BCUT2D eigenvalue weighted by Gasteiger charge is 2.38. The Morgan fingerprint density at radius 3 is 2.35 bits per heavy atom. The van der Waals surface area contributed by atoms with Crippen molar-refractivity contribution in [3.63, 3.8) is 0 Å². The normalized spacial score (nSPS) is 10.6. The molecule has 1 heterocycles. The van der Waals surface area contributed by atoms with E-state index in [-0.39, 0.29) is 0 Å². The fraction of sp³-hybridized carbons (Fsp3) is 0.0909. The summed E-state index contributed by atoms with van der Waals surface area (Å²) in [5, 5.41) is 7.94. The second kappa shape index (κ2) is 5.95. The van der Waals surface area contributed by atoms with Crippen molar-refractivity contribution < 1.29 is 27.9 Å². The first kappa shape index (κ1) is 15.3. The predicted molar refractivity (Wildman–Crippen MR) is 61.7 cm³/mol. The number of aliphatic carboxylic acids is 1. The number of carbonyl (C=O) groups is 2. The third kappa shape index (κ3) is 3.90. The van der Waals surface area contributed by atoms with Crippen LogP contribution in [-0.2, 0) is 4.79 Å². The van der Waals surface area contributed by atoms with Gasteiger partial charge in [-0.15, -0.1) is 0 Å². The van der Waals surface area contributed by atoms with Crippen molar-refractivity contribution in [2.75, 3.05) is 0 Å². The third-order valence-electron chi connectivity index (χ3n) is 2.04. The summed E-state index contributed by atoms with van der Waals surface area (Å²) in [5.41, 5.74) is 6.21. The number of primary amides is 1. The van der Waals surface area contributed by atoms with Crippen molar-refractivity contribution in [2.45, 2.75) is 6.18 Å². The Morgan fingerprint density at radius 2 is 1.85 bits per heavy atom. The van der Waals surface area contributed by atoms with Crippen molar-refractivity contribution in [2.24, 2.45) is 5.73 Å². The van der Waals surface area contributed by atoms with Crippen LogP contribution in [0, 0.1) is 0 Å². The summed E-state index contributed by atoms with van der Waals surface area (Å²) in [6.07, 6.45) is -2.04. The molecule has 0 aliphatic heterocycles. The van der Waals surface area contributed by atoms with E-state index in [4.69, 9.17) is 15.6 Å². The average Bonchev–Trinajstić information content (AvgIpc) is 2.37. The Hall–Kier alpha value is -2.71. The van der Waals surface area contributed by atoms with Crippen molar-refractivity contribution in [1.82, 2.24) is 9.97 Å². The molecule has 3 N–H and O–H groups in total. The van der Waals surface area contributed by atoms with E-state index in [1.165, 1.54) is 6.33 Å². The van der Waals surface area contributed by atoms with Crippen LogP contribution in [0.25, 0.3) is 10.9 Å². The molecule has 2 aromatic rings. The topological polar surface area (TPSA) is 106 Å². The summed E-state index contributed by atoms with van der Waals surface area (Å²) >= 11 is 0. The SMILES string of the molecule is NC(=O)c1cccc2cncnc12.O=C(O)C(F)(F)F. The largest absolute Gasteiger partial charge is 0.490 e. The highest BCUT2D eigenvalue weighted by molar-refractivity contribution is 6.04. The molecule has 0 saturated heterocycles. The second-order valence-electron chi connectivity index (χ2n) is 3.43. The lowest BCUT2D eigenvalue weighted by atomic mass is 10.1. The molecular formula is C11H8F3N3O3. The van der Waals surface area contributed by atoms with Crippen molar-refractivity contribution in [1.29, 1.82) is 0 Å². The number of carbonyl (C=O) groups excluding carboxylic acids is 1. The highest BCUT2D eigenvalue weighted by atomic mass is 19.4. The second-order valence-corrected chi connectivity index (χ2v) is 3.43. The van der Waals surface area contributed by atoms with E-state index in [1.54, 1.807) is 18.3 Å². The van der Waals surface area contributed by atoms with Crippen LogP contribution in [0.2, 0.25) is 0 Å². The Bertz CT molecular complexity index is 638. The van der Waals surface area contributed by atoms with Gasteiger partial charge >= 0.3 is 12.1 Å². The molecule has 20 heavy (non-hydrogen) atoms. The molecule has 1 aromatic carbocycles. The van der Waals surface area contributed by atoms with Crippen LogP contribution >= 0.6 is 0 Å². The fourth-order valence-electron chi connectivity index (χ4n) is 1.21. The molecule has 1 amide bonds. The van der Waals surface area contributed by atoms with E-state index in [9.17, 15) is 18.0 Å². The average molecular weight is 287 g/mol. The highest BCUT2D eigenvalue weighted by Crippen LogP contribution is 2.14. The number of benzene rings is 1. The van der Waals surface area contributed by atoms with Crippen LogP contribution in [-0.4, -0.2) is 33.1 Å². The molecule has 6 nitrogen and oxygen atoms in total. The lowest BCUT2D eigenvalue weighted by Gasteiger charge is -1.99. The van der Waals surface area contributed by atoms with Crippen molar-refractivity contribution >= 4 is 22.8 Å². The van der Waals surface area contributed by atoms with Gasteiger partial charge in [0, 0.05) is 11.6 Å². The summed E-state index contributed by atoms with van der Waals surface area (Å²) in [5.74, 6) is -3.23. The number of carboxylic acid groups (broad SMARTS) is 1. The lowest BCUT2D eigenvalue weighted by molar-refractivity contribution is -0.192. The first-order valence-corrected chi connectivity index (χ1v) is 5.02. The molecule has 0 radical (unpaired) electrons. The Morgan fingerprint density at radius 1 is 1.25 bits per heavy atom. The quantitative estimate of drug-likeness (QED) is 0.823. The number of amides is 1. The van der Waals surface area contributed by atoms with Crippen molar-refractivity contribution in [3.05, 3.63) is 36.3 Å². The number of rotatable bonds is 1. The van der Waals surface area contributed by atoms with Crippen LogP contribution in [0.3, 0.4) is 0 Å². The predicted octanol–water partition coefficient (Wildman–Crippen LogP) is 1.36. The third-order valence-corrected chi connectivity index (χ3v) is 2.04. The van der Waals surface area contributed by atoms with E-state index >= 15 is 0 Å². The molecule has 106 valence electrons. The number of hydrogen-bond acceptors (Lipinski definition) is 4. The maximum Gasteiger partial charge on any atom is 0.490 e. The van der Waals surface area contributed by atoms with Crippen molar-refractivity contribution in [3.8, 4) is 0 Å². The zero-order valence-corrected chi connectivity index (χ0v) is 9.76. The molecular weight excluding hydrogens is 279 g/mol. The van der Waals surface area contributed by atoms with E-state index < -0.39 is 18.1 Å². The number of nitrogens with two attached hydrogens (primary N) is 1. The van der Waals surface area contributed by atoms with Crippen LogP contribution in [0.15, 0.2) is 30.7 Å². The van der Waals surface area contributed by atoms with Gasteiger partial charge in [0.25, 0.3) is 5.91 Å². The molecule has 0 aliphatic carbocycles.